The molecule has 0 aliphatic rings. The van der Waals surface area contributed by atoms with Crippen LogP contribution in [0.1, 0.15) is 25.0 Å². The van der Waals surface area contributed by atoms with E-state index in [1.165, 1.54) is 27.4 Å². The molecule has 0 fully saturated rings. The summed E-state index contributed by atoms with van der Waals surface area (Å²) in [7, 11) is 2.34. The minimum atomic E-state index is -1.22. The van der Waals surface area contributed by atoms with E-state index in [0.29, 0.717) is 5.76 Å². The minimum Gasteiger partial charge on any atom is -0.469 e. The molecule has 1 aromatic rings. The Morgan fingerprint density at radius 3 is 2.16 bits per heavy atom. The molecule has 0 bridgehead atoms. The maximum absolute atomic E-state index is 11.8. The van der Waals surface area contributed by atoms with Gasteiger partial charge in [0.15, 0.2) is 5.92 Å². The zero-order valence-electron chi connectivity index (χ0n) is 11.0. The fourth-order valence-electron chi connectivity index (χ4n) is 1.87. The molecule has 0 saturated heterocycles. The normalized spacial score (nSPS) is 12.0. The second kappa shape index (κ2) is 6.72. The van der Waals surface area contributed by atoms with E-state index in [-0.39, 0.29) is 12.2 Å². The summed E-state index contributed by atoms with van der Waals surface area (Å²) in [6.45, 7) is 1.38. The third kappa shape index (κ3) is 3.67. The van der Waals surface area contributed by atoms with Gasteiger partial charge in [-0.1, -0.05) is 0 Å². The van der Waals surface area contributed by atoms with Gasteiger partial charge in [-0.05, 0) is 19.1 Å². The fourth-order valence-corrected chi connectivity index (χ4v) is 1.87. The van der Waals surface area contributed by atoms with Crippen LogP contribution < -0.4 is 0 Å². The predicted molar refractivity (Wildman–Crippen MR) is 64.3 cm³/mol. The number of hydrogen-bond acceptors (Lipinski definition) is 6. The number of furan rings is 1. The fraction of sp³-hybridized carbons (Fsp3) is 0.462. The van der Waals surface area contributed by atoms with Gasteiger partial charge in [0, 0.05) is 12.3 Å². The molecular formula is C13H16O6. The van der Waals surface area contributed by atoms with Crippen LogP contribution in [0.2, 0.25) is 0 Å². The first kappa shape index (κ1) is 14.9. The molecular weight excluding hydrogens is 252 g/mol. The molecule has 0 aromatic carbocycles. The number of carbonyl (C=O) groups is 3. The number of Topliss-reactive ketones (excluding diaryl/α,β-unsaturated/α-hetero) is 1. The number of carbonyl (C=O) groups excluding carboxylic acids is 3. The maximum Gasteiger partial charge on any atom is 0.320 e. The lowest BCUT2D eigenvalue weighted by Crippen LogP contribution is -2.33. The summed E-state index contributed by atoms with van der Waals surface area (Å²) < 4.78 is 14.4. The third-order valence-electron chi connectivity index (χ3n) is 2.73. The van der Waals surface area contributed by atoms with Gasteiger partial charge < -0.3 is 18.7 Å². The molecule has 0 unspecified atom stereocenters. The minimum absolute atomic E-state index is 0.0115. The average molecular weight is 268 g/mol. The number of ether oxygens (including phenoxy) is 2. The Balaban J connectivity index is 3.13. The SMILES string of the molecule is COC(=O)C(C(=O)OC)[C@H](CC(C)=O)c1ccco1. The smallest absolute Gasteiger partial charge is 0.320 e. The van der Waals surface area contributed by atoms with E-state index < -0.39 is 23.8 Å². The lowest BCUT2D eigenvalue weighted by Gasteiger charge is -2.20. The van der Waals surface area contributed by atoms with E-state index in [1.807, 2.05) is 0 Å². The summed E-state index contributed by atoms with van der Waals surface area (Å²) in [5.41, 5.74) is 0. The lowest BCUT2D eigenvalue weighted by atomic mass is 9.86. The molecule has 1 aromatic heterocycles. The quantitative estimate of drug-likeness (QED) is 0.571. The lowest BCUT2D eigenvalue weighted by molar-refractivity contribution is -0.160. The van der Waals surface area contributed by atoms with Crippen molar-refractivity contribution < 1.29 is 28.3 Å². The van der Waals surface area contributed by atoms with Crippen LogP contribution in [-0.2, 0) is 23.9 Å². The van der Waals surface area contributed by atoms with Crippen LogP contribution in [0.25, 0.3) is 0 Å². The first-order chi connectivity index (χ1) is 9.01. The van der Waals surface area contributed by atoms with Crippen LogP contribution in [0.5, 0.6) is 0 Å². The van der Waals surface area contributed by atoms with Crippen LogP contribution in [-0.4, -0.2) is 31.9 Å². The number of methoxy groups -OCH3 is 2. The molecule has 1 heterocycles. The Kier molecular flexibility index (Phi) is 5.29. The van der Waals surface area contributed by atoms with Gasteiger partial charge in [0.2, 0.25) is 0 Å². The van der Waals surface area contributed by atoms with Gasteiger partial charge in [0.25, 0.3) is 0 Å². The molecule has 0 spiro atoms. The summed E-state index contributed by atoms with van der Waals surface area (Å²) in [4.78, 5) is 34.8. The molecule has 0 N–H and O–H groups in total. The van der Waals surface area contributed by atoms with Gasteiger partial charge in [-0.15, -0.1) is 0 Å². The Morgan fingerprint density at radius 1 is 1.21 bits per heavy atom. The van der Waals surface area contributed by atoms with Crippen molar-refractivity contribution in [2.75, 3.05) is 14.2 Å². The zero-order valence-corrected chi connectivity index (χ0v) is 11.0. The first-order valence-corrected chi connectivity index (χ1v) is 5.69. The molecule has 0 aliphatic heterocycles. The van der Waals surface area contributed by atoms with Crippen molar-refractivity contribution in [1.82, 2.24) is 0 Å². The largest absolute Gasteiger partial charge is 0.469 e. The monoisotopic (exact) mass is 268 g/mol. The number of hydrogen-bond donors (Lipinski definition) is 0. The van der Waals surface area contributed by atoms with Gasteiger partial charge in [-0.3, -0.25) is 9.59 Å². The van der Waals surface area contributed by atoms with Crippen molar-refractivity contribution in [3.8, 4) is 0 Å². The molecule has 0 saturated carbocycles. The van der Waals surface area contributed by atoms with Gasteiger partial charge in [-0.2, -0.15) is 0 Å². The number of rotatable bonds is 6. The van der Waals surface area contributed by atoms with Crippen LogP contribution in [0.4, 0.5) is 0 Å². The van der Waals surface area contributed by atoms with Crippen molar-refractivity contribution in [3.05, 3.63) is 24.2 Å². The van der Waals surface area contributed by atoms with Crippen molar-refractivity contribution in [2.45, 2.75) is 19.3 Å². The second-order valence-corrected chi connectivity index (χ2v) is 4.05. The van der Waals surface area contributed by atoms with Crippen molar-refractivity contribution in [3.63, 3.8) is 0 Å². The molecule has 0 aliphatic carbocycles. The predicted octanol–water partition coefficient (Wildman–Crippen LogP) is 1.30. The molecule has 1 rings (SSSR count). The van der Waals surface area contributed by atoms with Crippen LogP contribution in [0, 0.1) is 5.92 Å². The van der Waals surface area contributed by atoms with E-state index >= 15 is 0 Å². The molecule has 104 valence electrons. The summed E-state index contributed by atoms with van der Waals surface area (Å²) >= 11 is 0. The molecule has 6 nitrogen and oxygen atoms in total. The summed E-state index contributed by atoms with van der Waals surface area (Å²) in [6, 6.07) is 3.22. The third-order valence-corrected chi connectivity index (χ3v) is 2.73. The van der Waals surface area contributed by atoms with Crippen LogP contribution in [0.15, 0.2) is 22.8 Å². The Morgan fingerprint density at radius 2 is 1.79 bits per heavy atom. The van der Waals surface area contributed by atoms with Gasteiger partial charge >= 0.3 is 11.9 Å². The highest BCUT2D eigenvalue weighted by Crippen LogP contribution is 2.31. The maximum atomic E-state index is 11.8. The molecule has 6 heteroatoms. The van der Waals surface area contributed by atoms with E-state index in [4.69, 9.17) is 4.42 Å². The van der Waals surface area contributed by atoms with Crippen molar-refractivity contribution in [2.24, 2.45) is 5.92 Å². The molecule has 0 radical (unpaired) electrons. The van der Waals surface area contributed by atoms with Crippen molar-refractivity contribution in [1.29, 1.82) is 0 Å². The van der Waals surface area contributed by atoms with Crippen LogP contribution in [0.3, 0.4) is 0 Å². The molecule has 19 heavy (non-hydrogen) atoms. The average Bonchev–Trinajstić information content (AvgIpc) is 2.90. The molecule has 1 atom stereocenters. The van der Waals surface area contributed by atoms with Gasteiger partial charge in [-0.25, -0.2) is 0 Å². The highest BCUT2D eigenvalue weighted by Gasteiger charge is 2.39. The number of ketones is 1. The number of esters is 2. The standard InChI is InChI=1S/C13H16O6/c1-8(14)7-9(10-5-4-6-19-10)11(12(15)17-2)13(16)18-3/h4-6,9,11H,7H2,1-3H3/t9-/m1/s1. The Labute approximate surface area is 110 Å². The zero-order chi connectivity index (χ0) is 14.4. The van der Waals surface area contributed by atoms with E-state index in [9.17, 15) is 14.4 Å². The van der Waals surface area contributed by atoms with Gasteiger partial charge in [0.1, 0.15) is 11.5 Å². The van der Waals surface area contributed by atoms with E-state index in [2.05, 4.69) is 9.47 Å². The summed E-state index contributed by atoms with van der Waals surface area (Å²) in [5, 5.41) is 0. The summed E-state index contributed by atoms with van der Waals surface area (Å²) in [5.74, 6) is -3.25. The Bertz CT molecular complexity index is 432. The van der Waals surface area contributed by atoms with E-state index in [0.717, 1.165) is 0 Å². The first-order valence-electron chi connectivity index (χ1n) is 5.69. The van der Waals surface area contributed by atoms with E-state index in [1.54, 1.807) is 12.1 Å². The Hall–Kier alpha value is -2.11. The highest BCUT2D eigenvalue weighted by molar-refractivity contribution is 5.96. The van der Waals surface area contributed by atoms with Gasteiger partial charge in [0.05, 0.1) is 20.5 Å². The highest BCUT2D eigenvalue weighted by atomic mass is 16.5. The van der Waals surface area contributed by atoms with Crippen LogP contribution >= 0.6 is 0 Å². The summed E-state index contributed by atoms with van der Waals surface area (Å²) in [6.07, 6.45) is 1.40. The van der Waals surface area contributed by atoms with Crippen molar-refractivity contribution >= 4 is 17.7 Å². The topological polar surface area (TPSA) is 82.8 Å². The molecule has 0 amide bonds. The second-order valence-electron chi connectivity index (χ2n) is 4.05.